The van der Waals surface area contributed by atoms with Crippen molar-refractivity contribution < 1.29 is 19.5 Å². The zero-order valence-electron chi connectivity index (χ0n) is 31.8. The topological polar surface area (TPSA) is 136 Å². The molecule has 1 spiro atoms. The van der Waals surface area contributed by atoms with Crippen LogP contribution in [0.3, 0.4) is 0 Å². The molecule has 3 amide bonds. The highest BCUT2D eigenvalue weighted by Gasteiger charge is 2.57. The van der Waals surface area contributed by atoms with E-state index in [0.717, 1.165) is 83.6 Å². The van der Waals surface area contributed by atoms with E-state index < -0.39 is 11.0 Å². The Kier molecular flexibility index (Phi) is 8.12. The molecule has 4 aromatic rings. The zero-order valence-corrected chi connectivity index (χ0v) is 31.8. The maximum atomic E-state index is 14.9. The number of hydrogen-bond acceptors (Lipinski definition) is 8. The Morgan fingerprint density at radius 1 is 0.891 bits per heavy atom. The van der Waals surface area contributed by atoms with Crippen LogP contribution in [0.15, 0.2) is 48.8 Å². The molecule has 3 N–H and O–H groups in total. The molecule has 2 aromatic carbocycles. The van der Waals surface area contributed by atoms with Gasteiger partial charge in [0.15, 0.2) is 5.82 Å². The van der Waals surface area contributed by atoms with Gasteiger partial charge < -0.3 is 35.0 Å². The number of piperidine rings is 2. The van der Waals surface area contributed by atoms with E-state index in [4.69, 9.17) is 9.97 Å². The second-order valence-electron chi connectivity index (χ2n) is 17.0. The number of likely N-dealkylation sites (tertiary alicyclic amines) is 2. The third-order valence-corrected chi connectivity index (χ3v) is 13.5. The SMILES string of the molecule is CNC(=O)c1cc(Nc2nc(-c3ccc4c(c3)N([C@H]3C[C@@H](N5CCCCC5)C3)C(=O)C43CCN(C(=O)C4(O)CC4)CC3)cc3ncn(C4CC4)c23)ccc1C. The number of aromatic nitrogens is 3. The third kappa shape index (κ3) is 5.74. The van der Waals surface area contributed by atoms with Crippen molar-refractivity contribution in [1.29, 1.82) is 0 Å². The van der Waals surface area contributed by atoms with Gasteiger partial charge in [0.05, 0.1) is 23.0 Å². The monoisotopic (exact) mass is 742 g/mol. The maximum Gasteiger partial charge on any atom is 0.254 e. The van der Waals surface area contributed by atoms with E-state index in [2.05, 4.69) is 43.2 Å². The van der Waals surface area contributed by atoms with Crippen molar-refractivity contribution in [2.24, 2.45) is 0 Å². The number of anilines is 3. The number of fused-ring (bicyclic) bond motifs is 3. The molecular formula is C43H50N8O4. The second-order valence-corrected chi connectivity index (χ2v) is 17.0. The number of imidazole rings is 1. The first-order chi connectivity index (χ1) is 26.7. The largest absolute Gasteiger partial charge is 0.380 e. The number of carbonyl (C=O) groups excluding carboxylic acids is 3. The molecule has 0 atom stereocenters. The number of benzene rings is 2. The van der Waals surface area contributed by atoms with Crippen LogP contribution in [-0.4, -0.2) is 98.1 Å². The lowest BCUT2D eigenvalue weighted by molar-refractivity contribution is -0.145. The van der Waals surface area contributed by atoms with Crippen LogP contribution in [0.25, 0.3) is 22.3 Å². The number of pyridine rings is 1. The molecule has 12 heteroatoms. The van der Waals surface area contributed by atoms with E-state index in [1.807, 2.05) is 37.5 Å². The summed E-state index contributed by atoms with van der Waals surface area (Å²) in [5.74, 6) is 0.497. The van der Waals surface area contributed by atoms with Gasteiger partial charge in [-0.05, 0) is 120 Å². The standard InChI is InChI=1S/C43H50N8O4/c1-26-6-8-28(21-32(26)39(52)44-2)46-38-37-35(45-25-50(37)29-9-10-29)24-34(47-38)27-7-11-33-36(20-27)51(31-22-30(23-31)48-16-4-3-5-17-48)40(53)42(33)14-18-49(19-15-42)41(54)43(55)12-13-43/h6-8,11,20-21,24-25,29-31,55H,3-5,9-10,12-19,22-23H2,1-2H3,(H,44,52)(H,46,47)/t30-,31+. The van der Waals surface area contributed by atoms with Gasteiger partial charge in [-0.1, -0.05) is 24.6 Å². The Labute approximate surface area is 321 Å². The fourth-order valence-corrected chi connectivity index (χ4v) is 9.81. The normalized spacial score (nSPS) is 24.2. The minimum Gasteiger partial charge on any atom is -0.380 e. The van der Waals surface area contributed by atoms with Crippen molar-refractivity contribution in [3.8, 4) is 11.3 Å². The van der Waals surface area contributed by atoms with Crippen LogP contribution in [0.2, 0.25) is 0 Å². The Hall–Kier alpha value is -4.81. The number of nitrogens with zero attached hydrogens (tertiary/aromatic N) is 6. The molecule has 2 saturated heterocycles. The van der Waals surface area contributed by atoms with Crippen LogP contribution in [0.4, 0.5) is 17.2 Å². The summed E-state index contributed by atoms with van der Waals surface area (Å²) in [6, 6.07) is 15.2. The molecule has 55 heavy (non-hydrogen) atoms. The summed E-state index contributed by atoms with van der Waals surface area (Å²) in [6.45, 7) is 5.13. The summed E-state index contributed by atoms with van der Waals surface area (Å²) in [5, 5.41) is 16.9. The molecule has 3 aliphatic heterocycles. The minimum atomic E-state index is -1.21. The van der Waals surface area contributed by atoms with Crippen LogP contribution in [0.5, 0.6) is 0 Å². The highest BCUT2D eigenvalue weighted by Crippen LogP contribution is 2.53. The molecule has 0 unspecified atom stereocenters. The van der Waals surface area contributed by atoms with Crippen LogP contribution in [0, 0.1) is 6.92 Å². The van der Waals surface area contributed by atoms with Crippen LogP contribution in [-0.2, 0) is 15.0 Å². The first-order valence-corrected chi connectivity index (χ1v) is 20.4. The van der Waals surface area contributed by atoms with E-state index in [9.17, 15) is 19.5 Å². The fourth-order valence-electron chi connectivity index (χ4n) is 9.81. The number of nitrogens with one attached hydrogen (secondary N) is 2. The first kappa shape index (κ1) is 34.7. The Morgan fingerprint density at radius 3 is 2.36 bits per heavy atom. The number of carbonyl (C=O) groups is 3. The smallest absolute Gasteiger partial charge is 0.254 e. The second kappa shape index (κ2) is 12.9. The summed E-state index contributed by atoms with van der Waals surface area (Å²) in [4.78, 5) is 57.3. The van der Waals surface area contributed by atoms with Crippen LogP contribution < -0.4 is 15.5 Å². The van der Waals surface area contributed by atoms with E-state index in [0.29, 0.717) is 62.2 Å². The summed E-state index contributed by atoms with van der Waals surface area (Å²) < 4.78 is 2.21. The summed E-state index contributed by atoms with van der Waals surface area (Å²) in [6.07, 6.45) is 12.0. The Morgan fingerprint density at radius 2 is 1.65 bits per heavy atom. The molecule has 0 bridgehead atoms. The maximum absolute atomic E-state index is 14.9. The Balaban J connectivity index is 1.02. The predicted octanol–water partition coefficient (Wildman–Crippen LogP) is 5.59. The number of rotatable bonds is 8. The van der Waals surface area contributed by atoms with E-state index in [-0.39, 0.29) is 23.8 Å². The average molecular weight is 743 g/mol. The van der Waals surface area contributed by atoms with Gasteiger partial charge in [0.25, 0.3) is 11.8 Å². The lowest BCUT2D eigenvalue weighted by Crippen LogP contribution is -2.58. The summed E-state index contributed by atoms with van der Waals surface area (Å²) in [5.41, 5.74) is 5.77. The summed E-state index contributed by atoms with van der Waals surface area (Å²) >= 11 is 0. The molecule has 5 fully saturated rings. The van der Waals surface area contributed by atoms with Crippen LogP contribution >= 0.6 is 0 Å². The van der Waals surface area contributed by atoms with Crippen LogP contribution in [0.1, 0.15) is 98.2 Å². The van der Waals surface area contributed by atoms with Crippen molar-refractivity contribution in [3.05, 3.63) is 65.5 Å². The van der Waals surface area contributed by atoms with Crippen molar-refractivity contribution in [2.45, 2.75) is 107 Å². The number of aryl methyl sites for hydroxylation is 1. The zero-order chi connectivity index (χ0) is 37.6. The van der Waals surface area contributed by atoms with Crippen molar-refractivity contribution in [2.75, 3.05) is 43.4 Å². The molecule has 12 nitrogen and oxygen atoms in total. The van der Waals surface area contributed by atoms with Crippen molar-refractivity contribution in [1.82, 2.24) is 29.7 Å². The lowest BCUT2D eigenvalue weighted by atomic mass is 9.73. The molecule has 286 valence electrons. The summed E-state index contributed by atoms with van der Waals surface area (Å²) in [7, 11) is 1.64. The first-order valence-electron chi connectivity index (χ1n) is 20.4. The average Bonchev–Trinajstić information content (AvgIpc) is 4.12. The molecule has 3 saturated carbocycles. The third-order valence-electron chi connectivity index (χ3n) is 13.5. The highest BCUT2D eigenvalue weighted by molar-refractivity contribution is 6.09. The number of hydrogen-bond donors (Lipinski definition) is 3. The van der Waals surface area contributed by atoms with Gasteiger partial charge in [0, 0.05) is 60.8 Å². The number of aliphatic hydroxyl groups is 1. The Bertz CT molecular complexity index is 2220. The molecule has 2 aromatic heterocycles. The van der Waals surface area contributed by atoms with Gasteiger partial charge in [-0.15, -0.1) is 0 Å². The van der Waals surface area contributed by atoms with E-state index in [1.165, 1.54) is 19.3 Å². The van der Waals surface area contributed by atoms with E-state index >= 15 is 0 Å². The van der Waals surface area contributed by atoms with Crippen molar-refractivity contribution >= 4 is 45.9 Å². The molecular weight excluding hydrogens is 693 g/mol. The predicted molar refractivity (Wildman–Crippen MR) is 210 cm³/mol. The van der Waals surface area contributed by atoms with Gasteiger partial charge in [0.2, 0.25) is 5.91 Å². The fraction of sp³-hybridized carbons (Fsp3) is 0.512. The highest BCUT2D eigenvalue weighted by atomic mass is 16.3. The van der Waals surface area contributed by atoms with E-state index in [1.54, 1.807) is 11.9 Å². The number of amides is 3. The molecule has 5 heterocycles. The van der Waals surface area contributed by atoms with Gasteiger partial charge in [-0.25, -0.2) is 9.97 Å². The molecule has 3 aliphatic carbocycles. The van der Waals surface area contributed by atoms with Crippen molar-refractivity contribution in [3.63, 3.8) is 0 Å². The lowest BCUT2D eigenvalue weighted by Gasteiger charge is -2.48. The van der Waals surface area contributed by atoms with Gasteiger partial charge in [0.1, 0.15) is 11.1 Å². The van der Waals surface area contributed by atoms with Gasteiger partial charge >= 0.3 is 0 Å². The molecule has 6 aliphatic rings. The quantitative estimate of drug-likeness (QED) is 0.213. The van der Waals surface area contributed by atoms with Gasteiger partial charge in [-0.2, -0.15) is 0 Å². The molecule has 10 rings (SSSR count). The van der Waals surface area contributed by atoms with Gasteiger partial charge in [-0.3, -0.25) is 14.4 Å². The molecule has 0 radical (unpaired) electrons. The minimum absolute atomic E-state index is 0.123.